The molecule has 0 saturated heterocycles. The van der Waals surface area contributed by atoms with Gasteiger partial charge in [0.15, 0.2) is 0 Å². The van der Waals surface area contributed by atoms with E-state index in [1.54, 1.807) is 0 Å². The smallest absolute Gasteiger partial charge is 0.405 e. The summed E-state index contributed by atoms with van der Waals surface area (Å²) in [4.78, 5) is 10.3. The molecule has 4 nitrogen and oxygen atoms in total. The first-order chi connectivity index (χ1) is 6.20. The molecule has 0 saturated carbocycles. The number of rotatable bonds is 7. The summed E-state index contributed by atoms with van der Waals surface area (Å²) in [6.45, 7) is 6.03. The van der Waals surface area contributed by atoms with E-state index in [1.165, 1.54) is 6.08 Å². The van der Waals surface area contributed by atoms with E-state index >= 15 is 0 Å². The van der Waals surface area contributed by atoms with Crippen LogP contribution in [0.25, 0.3) is 0 Å². The van der Waals surface area contributed by atoms with Gasteiger partial charge in [0.2, 0.25) is 0 Å². The highest BCUT2D eigenvalue weighted by atomic mass is 16.7. The Bertz CT molecular complexity index is 159. The van der Waals surface area contributed by atoms with Crippen LogP contribution in [0.1, 0.15) is 26.2 Å². The predicted octanol–water partition coefficient (Wildman–Crippen LogP) is 1.96. The fraction of sp³-hybridized carbons (Fsp3) is 0.556. The molecule has 1 radical (unpaired) electrons. The molecule has 0 spiro atoms. The molecule has 0 aromatic rings. The summed E-state index contributed by atoms with van der Waals surface area (Å²) in [5.74, 6) is 0. The van der Waals surface area contributed by atoms with Crippen LogP contribution in [-0.2, 0) is 9.47 Å². The lowest BCUT2D eigenvalue weighted by Crippen LogP contribution is -2.18. The van der Waals surface area contributed by atoms with Crippen molar-refractivity contribution >= 4 is 6.09 Å². The summed E-state index contributed by atoms with van der Waals surface area (Å²) in [5, 5.41) is 0. The molecule has 4 heteroatoms. The van der Waals surface area contributed by atoms with Gasteiger partial charge in [0.05, 0.1) is 6.61 Å². The molecule has 0 bridgehead atoms. The predicted molar refractivity (Wildman–Crippen MR) is 49.6 cm³/mol. The molecule has 0 aliphatic rings. The highest BCUT2D eigenvalue weighted by molar-refractivity contribution is 5.65. The van der Waals surface area contributed by atoms with Crippen LogP contribution in [-0.4, -0.2) is 12.7 Å². The minimum Gasteiger partial charge on any atom is -0.405 e. The average molecular weight is 186 g/mol. The summed E-state index contributed by atoms with van der Waals surface area (Å²) in [6.07, 6.45) is 3.63. The first-order valence-corrected chi connectivity index (χ1v) is 4.30. The maximum atomic E-state index is 10.3. The zero-order chi connectivity index (χ0) is 10.1. The minimum atomic E-state index is -0.884. The molecule has 0 unspecified atom stereocenters. The Hall–Kier alpha value is -1.03. The molecule has 0 aliphatic carbocycles. The summed E-state index contributed by atoms with van der Waals surface area (Å²) in [6, 6.07) is 0. The van der Waals surface area contributed by atoms with Crippen molar-refractivity contribution < 1.29 is 14.3 Å². The number of ether oxygens (including phenoxy) is 2. The lowest BCUT2D eigenvalue weighted by Gasteiger charge is -2.10. The zero-order valence-electron chi connectivity index (χ0n) is 7.91. The van der Waals surface area contributed by atoms with Crippen molar-refractivity contribution in [2.24, 2.45) is 5.73 Å². The van der Waals surface area contributed by atoms with E-state index in [1.807, 2.05) is 0 Å². The van der Waals surface area contributed by atoms with Gasteiger partial charge < -0.3 is 15.2 Å². The van der Waals surface area contributed by atoms with Gasteiger partial charge in [0.1, 0.15) is 0 Å². The Labute approximate surface area is 78.7 Å². The number of carbonyl (C=O) groups excluding carboxylic acids is 1. The molecule has 0 fully saturated rings. The van der Waals surface area contributed by atoms with Crippen LogP contribution in [0.4, 0.5) is 4.79 Å². The summed E-state index contributed by atoms with van der Waals surface area (Å²) in [7, 11) is 0. The Balaban J connectivity index is 3.48. The average Bonchev–Trinajstić information content (AvgIpc) is 2.09. The van der Waals surface area contributed by atoms with Gasteiger partial charge in [-0.2, -0.15) is 0 Å². The van der Waals surface area contributed by atoms with Gasteiger partial charge in [-0.3, -0.25) is 0 Å². The number of hydrogen-bond donors (Lipinski definition) is 1. The van der Waals surface area contributed by atoms with Crippen LogP contribution in [0.2, 0.25) is 0 Å². The molecular formula is C9H16NO3. The van der Waals surface area contributed by atoms with E-state index in [0.29, 0.717) is 6.61 Å². The molecule has 1 amide bonds. The second-order valence-electron chi connectivity index (χ2n) is 2.50. The first-order valence-electron chi connectivity index (χ1n) is 4.30. The molecule has 0 aromatic carbocycles. The fourth-order valence-corrected chi connectivity index (χ4v) is 0.754. The SMILES string of the molecule is C=C[C](OCCCCC)OC(N)=O. The van der Waals surface area contributed by atoms with Gasteiger partial charge in [-0.05, 0) is 12.5 Å². The zero-order valence-corrected chi connectivity index (χ0v) is 7.91. The van der Waals surface area contributed by atoms with Crippen molar-refractivity contribution in [2.75, 3.05) is 6.61 Å². The second kappa shape index (κ2) is 7.61. The Morgan fingerprint density at radius 3 is 2.69 bits per heavy atom. The maximum Gasteiger partial charge on any atom is 0.407 e. The Morgan fingerprint density at radius 1 is 1.54 bits per heavy atom. The first kappa shape index (κ1) is 12.0. The standard InChI is InChI=1S/C9H16NO3/c1-3-5-6-7-12-8(4-2)13-9(10)11/h4H,2-3,5-7H2,1H3,(H2,10,11). The number of unbranched alkanes of at least 4 members (excludes halogenated alkanes) is 2. The molecular weight excluding hydrogens is 170 g/mol. The fourth-order valence-electron chi connectivity index (χ4n) is 0.754. The lowest BCUT2D eigenvalue weighted by atomic mass is 10.3. The largest absolute Gasteiger partial charge is 0.407 e. The van der Waals surface area contributed by atoms with Crippen LogP contribution in [0.3, 0.4) is 0 Å². The summed E-state index contributed by atoms with van der Waals surface area (Å²) >= 11 is 0. The quantitative estimate of drug-likeness (QED) is 0.618. The van der Waals surface area contributed by atoms with Gasteiger partial charge in [-0.15, -0.1) is 0 Å². The van der Waals surface area contributed by atoms with E-state index in [2.05, 4.69) is 18.2 Å². The van der Waals surface area contributed by atoms with Crippen LogP contribution in [0, 0.1) is 6.29 Å². The third kappa shape index (κ3) is 7.33. The maximum absolute atomic E-state index is 10.3. The molecule has 0 rings (SSSR count). The van der Waals surface area contributed by atoms with E-state index in [0.717, 1.165) is 19.3 Å². The molecule has 2 N–H and O–H groups in total. The van der Waals surface area contributed by atoms with Crippen molar-refractivity contribution in [1.82, 2.24) is 0 Å². The molecule has 0 aromatic heterocycles. The van der Waals surface area contributed by atoms with Crippen LogP contribution >= 0.6 is 0 Å². The molecule has 0 heterocycles. The lowest BCUT2D eigenvalue weighted by molar-refractivity contribution is 0.0172. The topological polar surface area (TPSA) is 61.6 Å². The molecule has 13 heavy (non-hydrogen) atoms. The number of carbonyl (C=O) groups is 1. The van der Waals surface area contributed by atoms with E-state index in [4.69, 9.17) is 10.5 Å². The van der Waals surface area contributed by atoms with Crippen molar-refractivity contribution in [1.29, 1.82) is 0 Å². The highest BCUT2D eigenvalue weighted by Crippen LogP contribution is 2.07. The molecule has 75 valence electrons. The van der Waals surface area contributed by atoms with Gasteiger partial charge in [-0.1, -0.05) is 26.3 Å². The summed E-state index contributed by atoms with van der Waals surface area (Å²) < 4.78 is 9.57. The normalized spacial score (nSPS) is 10.0. The summed E-state index contributed by atoms with van der Waals surface area (Å²) in [5.41, 5.74) is 4.79. The van der Waals surface area contributed by atoms with Gasteiger partial charge in [0, 0.05) is 0 Å². The van der Waals surface area contributed by atoms with Crippen molar-refractivity contribution in [3.63, 3.8) is 0 Å². The monoisotopic (exact) mass is 186 g/mol. The van der Waals surface area contributed by atoms with Crippen LogP contribution in [0.5, 0.6) is 0 Å². The van der Waals surface area contributed by atoms with Crippen LogP contribution in [0.15, 0.2) is 12.7 Å². The highest BCUT2D eigenvalue weighted by Gasteiger charge is 2.09. The molecule has 0 atom stereocenters. The van der Waals surface area contributed by atoms with Crippen molar-refractivity contribution in [3.05, 3.63) is 18.9 Å². The van der Waals surface area contributed by atoms with Crippen molar-refractivity contribution in [3.8, 4) is 0 Å². The number of hydrogen-bond acceptors (Lipinski definition) is 3. The number of primary amides is 1. The van der Waals surface area contributed by atoms with Crippen molar-refractivity contribution in [2.45, 2.75) is 26.2 Å². The third-order valence-electron chi connectivity index (χ3n) is 1.36. The third-order valence-corrected chi connectivity index (χ3v) is 1.36. The van der Waals surface area contributed by atoms with E-state index in [9.17, 15) is 4.79 Å². The number of nitrogens with two attached hydrogens (primary N) is 1. The van der Waals surface area contributed by atoms with Gasteiger partial charge >= 0.3 is 12.4 Å². The van der Waals surface area contributed by atoms with E-state index < -0.39 is 6.09 Å². The van der Waals surface area contributed by atoms with Gasteiger partial charge in [-0.25, -0.2) is 4.79 Å². The molecule has 0 aliphatic heterocycles. The second-order valence-corrected chi connectivity index (χ2v) is 2.50. The number of amides is 1. The Kier molecular flexibility index (Phi) is 7.01. The Morgan fingerprint density at radius 2 is 2.23 bits per heavy atom. The van der Waals surface area contributed by atoms with Gasteiger partial charge in [0.25, 0.3) is 0 Å². The minimum absolute atomic E-state index is 0.0728. The van der Waals surface area contributed by atoms with E-state index in [-0.39, 0.29) is 6.29 Å². The van der Waals surface area contributed by atoms with Crippen LogP contribution < -0.4 is 5.73 Å².